The minimum absolute atomic E-state index is 0.142. The molecule has 0 spiro atoms. The van der Waals surface area contributed by atoms with Crippen LogP contribution in [0.1, 0.15) is 28.7 Å². The Morgan fingerprint density at radius 1 is 0.867 bits per heavy atom. The number of amides is 1. The van der Waals surface area contributed by atoms with Crippen LogP contribution in [0.5, 0.6) is 0 Å². The van der Waals surface area contributed by atoms with Crippen molar-refractivity contribution < 1.29 is 13.2 Å². The number of nitrogens with one attached hydrogen (secondary N) is 2. The average molecular weight is 423 g/mol. The highest BCUT2D eigenvalue weighted by Gasteiger charge is 2.19. The number of rotatable bonds is 7. The van der Waals surface area contributed by atoms with Gasteiger partial charge in [-0.3, -0.25) is 9.52 Å². The molecule has 0 fully saturated rings. The van der Waals surface area contributed by atoms with Gasteiger partial charge in [0.15, 0.2) is 0 Å². The molecule has 3 rings (SSSR count). The monoisotopic (exact) mass is 422 g/mol. The Kier molecular flexibility index (Phi) is 6.57. The molecule has 0 saturated carbocycles. The number of aryl methyl sites for hydroxylation is 4. The van der Waals surface area contributed by atoms with Gasteiger partial charge in [0.05, 0.1) is 10.6 Å². The standard InChI is InChI=1S/C24H26N2O3S/c1-17-9-13-22(19(3)15-17)26-30(28,29)23-16-21(12-10-18(23)2)25-24(27)14-11-20-7-5-4-6-8-20/h4-10,12-13,15-16,26H,11,14H2,1-3H3,(H,25,27). The molecule has 0 radical (unpaired) electrons. The van der Waals surface area contributed by atoms with E-state index in [4.69, 9.17) is 0 Å². The van der Waals surface area contributed by atoms with Crippen LogP contribution in [0, 0.1) is 20.8 Å². The van der Waals surface area contributed by atoms with Gasteiger partial charge in [0.25, 0.3) is 10.0 Å². The number of benzene rings is 3. The molecule has 5 nitrogen and oxygen atoms in total. The van der Waals surface area contributed by atoms with E-state index in [1.807, 2.05) is 56.3 Å². The van der Waals surface area contributed by atoms with Gasteiger partial charge in [0.2, 0.25) is 5.91 Å². The molecule has 0 bridgehead atoms. The molecule has 0 aliphatic heterocycles. The van der Waals surface area contributed by atoms with Crippen LogP contribution >= 0.6 is 0 Å². The third-order valence-corrected chi connectivity index (χ3v) is 6.38. The van der Waals surface area contributed by atoms with Crippen LogP contribution in [0.4, 0.5) is 11.4 Å². The van der Waals surface area contributed by atoms with E-state index in [1.54, 1.807) is 25.1 Å². The first kappa shape index (κ1) is 21.6. The highest BCUT2D eigenvalue weighted by Crippen LogP contribution is 2.25. The Hall–Kier alpha value is -3.12. The average Bonchev–Trinajstić information content (AvgIpc) is 2.71. The summed E-state index contributed by atoms with van der Waals surface area (Å²) in [5.74, 6) is -0.159. The lowest BCUT2D eigenvalue weighted by Crippen LogP contribution is -2.17. The highest BCUT2D eigenvalue weighted by molar-refractivity contribution is 7.92. The second-order valence-electron chi connectivity index (χ2n) is 7.44. The lowest BCUT2D eigenvalue weighted by molar-refractivity contribution is -0.116. The van der Waals surface area contributed by atoms with Gasteiger partial charge >= 0.3 is 0 Å². The molecule has 0 aliphatic carbocycles. The summed E-state index contributed by atoms with van der Waals surface area (Å²) >= 11 is 0. The van der Waals surface area contributed by atoms with Gasteiger partial charge < -0.3 is 5.32 Å². The molecule has 6 heteroatoms. The number of carbonyl (C=O) groups is 1. The SMILES string of the molecule is Cc1ccc(NS(=O)(=O)c2cc(NC(=O)CCc3ccccc3)ccc2C)c(C)c1. The largest absolute Gasteiger partial charge is 0.326 e. The number of carbonyl (C=O) groups excluding carboxylic acids is 1. The maximum Gasteiger partial charge on any atom is 0.262 e. The zero-order chi connectivity index (χ0) is 21.7. The molecule has 3 aromatic carbocycles. The van der Waals surface area contributed by atoms with Crippen LogP contribution in [0.25, 0.3) is 0 Å². The Morgan fingerprint density at radius 3 is 2.30 bits per heavy atom. The smallest absolute Gasteiger partial charge is 0.262 e. The molecule has 0 saturated heterocycles. The van der Waals surface area contributed by atoms with Gasteiger partial charge in [-0.1, -0.05) is 54.1 Å². The Labute approximate surface area is 178 Å². The van der Waals surface area contributed by atoms with Gasteiger partial charge in [-0.15, -0.1) is 0 Å². The third-order valence-electron chi connectivity index (χ3n) is 4.87. The zero-order valence-electron chi connectivity index (χ0n) is 17.4. The van der Waals surface area contributed by atoms with Crippen LogP contribution in [0.2, 0.25) is 0 Å². The zero-order valence-corrected chi connectivity index (χ0v) is 18.2. The van der Waals surface area contributed by atoms with Crippen LogP contribution in [0.15, 0.2) is 71.6 Å². The Morgan fingerprint density at radius 2 is 1.60 bits per heavy atom. The summed E-state index contributed by atoms with van der Waals surface area (Å²) in [6, 6.07) is 20.2. The predicted molar refractivity (Wildman–Crippen MR) is 121 cm³/mol. The summed E-state index contributed by atoms with van der Waals surface area (Å²) in [4.78, 5) is 12.5. The van der Waals surface area contributed by atoms with Crippen molar-refractivity contribution >= 4 is 27.3 Å². The maximum atomic E-state index is 13.0. The van der Waals surface area contributed by atoms with Crippen molar-refractivity contribution in [3.63, 3.8) is 0 Å². The molecule has 3 aromatic rings. The summed E-state index contributed by atoms with van der Waals surface area (Å²) < 4.78 is 28.6. The molecule has 0 unspecified atom stereocenters. The van der Waals surface area contributed by atoms with E-state index < -0.39 is 10.0 Å². The fourth-order valence-electron chi connectivity index (χ4n) is 3.22. The van der Waals surface area contributed by atoms with Gasteiger partial charge in [0.1, 0.15) is 0 Å². The molecule has 156 valence electrons. The first-order valence-corrected chi connectivity index (χ1v) is 11.3. The summed E-state index contributed by atoms with van der Waals surface area (Å²) in [6.07, 6.45) is 0.943. The molecule has 0 aromatic heterocycles. The highest BCUT2D eigenvalue weighted by atomic mass is 32.2. The minimum Gasteiger partial charge on any atom is -0.326 e. The van der Waals surface area contributed by atoms with Crippen molar-refractivity contribution in [2.45, 2.75) is 38.5 Å². The van der Waals surface area contributed by atoms with Crippen LogP contribution in [-0.4, -0.2) is 14.3 Å². The molecular formula is C24H26N2O3S. The van der Waals surface area contributed by atoms with Gasteiger partial charge in [-0.05, 0) is 62.1 Å². The van der Waals surface area contributed by atoms with Crippen molar-refractivity contribution in [1.29, 1.82) is 0 Å². The summed E-state index contributed by atoms with van der Waals surface area (Å²) in [5, 5.41) is 2.80. The Bertz CT molecular complexity index is 1160. The Balaban J connectivity index is 1.74. The van der Waals surface area contributed by atoms with E-state index in [9.17, 15) is 13.2 Å². The lowest BCUT2D eigenvalue weighted by Gasteiger charge is -2.14. The fraction of sp³-hybridized carbons (Fsp3) is 0.208. The van der Waals surface area contributed by atoms with Crippen LogP contribution in [-0.2, 0) is 21.2 Å². The maximum absolute atomic E-state index is 13.0. The van der Waals surface area contributed by atoms with E-state index in [2.05, 4.69) is 10.0 Å². The first-order valence-electron chi connectivity index (χ1n) is 9.79. The van der Waals surface area contributed by atoms with Crippen molar-refractivity contribution in [3.8, 4) is 0 Å². The number of hydrogen-bond acceptors (Lipinski definition) is 3. The first-order chi connectivity index (χ1) is 14.2. The van der Waals surface area contributed by atoms with Crippen molar-refractivity contribution in [1.82, 2.24) is 0 Å². The second-order valence-corrected chi connectivity index (χ2v) is 9.09. The molecule has 30 heavy (non-hydrogen) atoms. The number of hydrogen-bond donors (Lipinski definition) is 2. The van der Waals surface area contributed by atoms with Gasteiger partial charge in [-0.25, -0.2) is 8.42 Å². The van der Waals surface area contributed by atoms with E-state index in [0.717, 1.165) is 16.7 Å². The topological polar surface area (TPSA) is 75.3 Å². The molecule has 2 N–H and O–H groups in total. The molecule has 0 heterocycles. The second kappa shape index (κ2) is 9.13. The third kappa shape index (κ3) is 5.48. The van der Waals surface area contributed by atoms with Crippen LogP contribution in [0.3, 0.4) is 0 Å². The molecule has 1 amide bonds. The molecular weight excluding hydrogens is 396 g/mol. The number of sulfonamides is 1. The lowest BCUT2D eigenvalue weighted by atomic mass is 10.1. The van der Waals surface area contributed by atoms with E-state index in [0.29, 0.717) is 29.8 Å². The minimum atomic E-state index is -3.79. The fourth-order valence-corrected chi connectivity index (χ4v) is 4.62. The van der Waals surface area contributed by atoms with Gasteiger partial charge in [-0.2, -0.15) is 0 Å². The van der Waals surface area contributed by atoms with E-state index in [-0.39, 0.29) is 10.8 Å². The van der Waals surface area contributed by atoms with Crippen molar-refractivity contribution in [2.75, 3.05) is 10.0 Å². The van der Waals surface area contributed by atoms with Gasteiger partial charge in [0, 0.05) is 12.1 Å². The summed E-state index contributed by atoms with van der Waals surface area (Å²) in [6.45, 7) is 5.55. The van der Waals surface area contributed by atoms with Crippen LogP contribution < -0.4 is 10.0 Å². The summed E-state index contributed by atoms with van der Waals surface area (Å²) in [5.41, 5.74) is 4.59. The molecule has 0 aliphatic rings. The van der Waals surface area contributed by atoms with Crippen molar-refractivity contribution in [3.05, 3.63) is 89.0 Å². The van der Waals surface area contributed by atoms with E-state index >= 15 is 0 Å². The summed E-state index contributed by atoms with van der Waals surface area (Å²) in [7, 11) is -3.79. The van der Waals surface area contributed by atoms with E-state index in [1.165, 1.54) is 6.07 Å². The van der Waals surface area contributed by atoms with Crippen molar-refractivity contribution in [2.24, 2.45) is 0 Å². The normalized spacial score (nSPS) is 11.2. The quantitative estimate of drug-likeness (QED) is 0.564. The number of anilines is 2. The molecule has 0 atom stereocenters. The predicted octanol–water partition coefficient (Wildman–Crippen LogP) is 4.98.